The third kappa shape index (κ3) is 4.89. The van der Waals surface area contributed by atoms with Gasteiger partial charge >= 0.3 is 6.09 Å². The van der Waals surface area contributed by atoms with Crippen molar-refractivity contribution in [3.8, 4) is 0 Å². The highest BCUT2D eigenvalue weighted by Gasteiger charge is 2.32. The number of carbonyl (C=O) groups is 1. The van der Waals surface area contributed by atoms with E-state index in [-0.39, 0.29) is 25.0 Å². The van der Waals surface area contributed by atoms with Crippen molar-refractivity contribution in [1.29, 1.82) is 0 Å². The number of alkyl halides is 1. The van der Waals surface area contributed by atoms with Crippen LogP contribution in [0.15, 0.2) is 0 Å². The molecule has 100 valence electrons. The lowest BCUT2D eigenvalue weighted by Crippen LogP contribution is -2.47. The largest absolute Gasteiger partial charge is 0.444 e. The van der Waals surface area contributed by atoms with E-state index in [9.17, 15) is 14.3 Å². The van der Waals surface area contributed by atoms with E-state index in [4.69, 9.17) is 4.74 Å². The smallest absolute Gasteiger partial charge is 0.407 e. The average Bonchev–Trinajstić information content (AvgIpc) is 2.14. The van der Waals surface area contributed by atoms with Crippen LogP contribution >= 0.6 is 0 Å². The van der Waals surface area contributed by atoms with Gasteiger partial charge in [0.15, 0.2) is 0 Å². The van der Waals surface area contributed by atoms with Crippen molar-refractivity contribution in [3.63, 3.8) is 0 Å². The highest BCUT2D eigenvalue weighted by Crippen LogP contribution is 2.26. The van der Waals surface area contributed by atoms with Gasteiger partial charge in [-0.05, 0) is 40.0 Å². The zero-order valence-electron chi connectivity index (χ0n) is 10.7. The first-order valence-electron chi connectivity index (χ1n) is 6.06. The summed E-state index contributed by atoms with van der Waals surface area (Å²) >= 11 is 0. The van der Waals surface area contributed by atoms with E-state index in [1.54, 1.807) is 20.8 Å². The molecule has 5 heteroatoms. The Bertz CT molecular complexity index is 265. The second kappa shape index (κ2) is 5.67. The molecule has 0 aromatic heterocycles. The van der Waals surface area contributed by atoms with Crippen molar-refractivity contribution in [1.82, 2.24) is 5.32 Å². The molecule has 0 aliphatic heterocycles. The Morgan fingerprint density at radius 2 is 2.12 bits per heavy atom. The number of rotatable bonds is 2. The van der Waals surface area contributed by atoms with Crippen molar-refractivity contribution in [3.05, 3.63) is 0 Å². The minimum Gasteiger partial charge on any atom is -0.444 e. The maximum Gasteiger partial charge on any atom is 0.407 e. The number of alkyl carbamates (subject to hydrolysis) is 1. The molecule has 3 atom stereocenters. The number of halogens is 1. The highest BCUT2D eigenvalue weighted by molar-refractivity contribution is 5.68. The number of aliphatic hydroxyl groups excluding tert-OH is 1. The standard InChI is InChI=1S/C12H22FNO3/c1-12(2,3)17-11(16)14-10-6-9(13)5-4-8(10)7-15/h8-10,15H,4-7H2,1-3H3,(H,14,16)/t8-,9-,10?/m1/s1. The van der Waals surface area contributed by atoms with E-state index in [1.165, 1.54) is 0 Å². The van der Waals surface area contributed by atoms with E-state index in [0.717, 1.165) is 0 Å². The van der Waals surface area contributed by atoms with Crippen LogP contribution in [0.3, 0.4) is 0 Å². The normalized spacial score (nSPS) is 29.8. The van der Waals surface area contributed by atoms with Gasteiger partial charge in [0.1, 0.15) is 11.8 Å². The molecule has 0 aromatic carbocycles. The van der Waals surface area contributed by atoms with Crippen molar-refractivity contribution in [2.75, 3.05) is 6.61 Å². The van der Waals surface area contributed by atoms with E-state index in [0.29, 0.717) is 12.8 Å². The zero-order valence-corrected chi connectivity index (χ0v) is 10.7. The topological polar surface area (TPSA) is 58.6 Å². The first kappa shape index (κ1) is 14.2. The lowest BCUT2D eigenvalue weighted by atomic mass is 9.84. The van der Waals surface area contributed by atoms with Crippen molar-refractivity contribution in [2.24, 2.45) is 5.92 Å². The SMILES string of the molecule is CC(C)(C)OC(=O)NC1C[C@H](F)CC[C@@H]1CO. The molecule has 1 aliphatic rings. The minimum atomic E-state index is -0.905. The molecule has 1 unspecified atom stereocenters. The van der Waals surface area contributed by atoms with Crippen LogP contribution in [0.2, 0.25) is 0 Å². The molecule has 0 saturated heterocycles. The molecule has 0 spiro atoms. The van der Waals surface area contributed by atoms with Crippen LogP contribution < -0.4 is 5.32 Å². The van der Waals surface area contributed by atoms with Crippen molar-refractivity contribution >= 4 is 6.09 Å². The number of nitrogens with one attached hydrogen (secondary N) is 1. The molecule has 1 rings (SSSR count). The van der Waals surface area contributed by atoms with Crippen LogP contribution in [0.1, 0.15) is 40.0 Å². The van der Waals surface area contributed by atoms with E-state index in [2.05, 4.69) is 5.32 Å². The van der Waals surface area contributed by atoms with Gasteiger partial charge in [0.2, 0.25) is 0 Å². The summed E-state index contributed by atoms with van der Waals surface area (Å²) in [6.07, 6.45) is -0.145. The number of hydrogen-bond acceptors (Lipinski definition) is 3. The Hall–Kier alpha value is -0.840. The maximum atomic E-state index is 13.3. The van der Waals surface area contributed by atoms with Gasteiger partial charge in [0.25, 0.3) is 0 Å². The molecule has 1 fully saturated rings. The maximum absolute atomic E-state index is 13.3. The number of hydrogen-bond donors (Lipinski definition) is 2. The summed E-state index contributed by atoms with van der Waals surface area (Å²) in [7, 11) is 0. The van der Waals surface area contributed by atoms with Gasteiger partial charge in [-0.25, -0.2) is 9.18 Å². The lowest BCUT2D eigenvalue weighted by Gasteiger charge is -2.33. The van der Waals surface area contributed by atoms with Crippen LogP contribution in [0.4, 0.5) is 9.18 Å². The van der Waals surface area contributed by atoms with Crippen LogP contribution in [0, 0.1) is 5.92 Å². The first-order chi connectivity index (χ1) is 7.81. The monoisotopic (exact) mass is 247 g/mol. The highest BCUT2D eigenvalue weighted by atomic mass is 19.1. The fourth-order valence-electron chi connectivity index (χ4n) is 2.04. The summed E-state index contributed by atoms with van der Waals surface area (Å²) in [4.78, 5) is 11.6. The second-order valence-corrected chi connectivity index (χ2v) is 5.61. The molecule has 0 bridgehead atoms. The molecule has 2 N–H and O–H groups in total. The van der Waals surface area contributed by atoms with Gasteiger partial charge in [-0.1, -0.05) is 0 Å². The lowest BCUT2D eigenvalue weighted by molar-refractivity contribution is 0.0406. The summed E-state index contributed by atoms with van der Waals surface area (Å²) in [5.41, 5.74) is -0.567. The van der Waals surface area contributed by atoms with Crippen LogP contribution in [0.5, 0.6) is 0 Å². The van der Waals surface area contributed by atoms with Gasteiger partial charge in [0.05, 0.1) is 0 Å². The Balaban J connectivity index is 2.49. The second-order valence-electron chi connectivity index (χ2n) is 5.61. The van der Waals surface area contributed by atoms with E-state index >= 15 is 0 Å². The quantitative estimate of drug-likeness (QED) is 0.784. The molecule has 1 saturated carbocycles. The van der Waals surface area contributed by atoms with Crippen LogP contribution in [-0.4, -0.2) is 35.6 Å². The first-order valence-corrected chi connectivity index (χ1v) is 6.06. The molecular formula is C12H22FNO3. The van der Waals surface area contributed by atoms with Gasteiger partial charge in [-0.2, -0.15) is 0 Å². The fraction of sp³-hybridized carbons (Fsp3) is 0.917. The third-order valence-corrected chi connectivity index (χ3v) is 2.87. The predicted octanol–water partition coefficient (Wildman–Crippen LogP) is 2.01. The summed E-state index contributed by atoms with van der Waals surface area (Å²) in [5.74, 6) is -0.0745. The number of amides is 1. The van der Waals surface area contributed by atoms with Gasteiger partial charge < -0.3 is 15.2 Å². The molecular weight excluding hydrogens is 225 g/mol. The van der Waals surface area contributed by atoms with Crippen molar-refractivity contribution in [2.45, 2.75) is 57.8 Å². The van der Waals surface area contributed by atoms with Crippen molar-refractivity contribution < 1.29 is 19.0 Å². The van der Waals surface area contributed by atoms with Gasteiger partial charge in [0, 0.05) is 18.6 Å². The Kier molecular flexibility index (Phi) is 4.74. The fourth-order valence-corrected chi connectivity index (χ4v) is 2.04. The zero-order chi connectivity index (χ0) is 13.1. The summed E-state index contributed by atoms with van der Waals surface area (Å²) in [6, 6.07) is -0.335. The summed E-state index contributed by atoms with van der Waals surface area (Å²) in [5, 5.41) is 11.8. The molecule has 0 heterocycles. The van der Waals surface area contributed by atoms with Gasteiger partial charge in [-0.15, -0.1) is 0 Å². The molecule has 0 radical (unpaired) electrons. The van der Waals surface area contributed by atoms with Crippen LogP contribution in [-0.2, 0) is 4.74 Å². The molecule has 1 aliphatic carbocycles. The average molecular weight is 247 g/mol. The third-order valence-electron chi connectivity index (χ3n) is 2.87. The Morgan fingerprint density at radius 1 is 1.47 bits per heavy atom. The number of carbonyl (C=O) groups excluding carboxylic acids is 1. The summed E-state index contributed by atoms with van der Waals surface area (Å²) < 4.78 is 18.4. The van der Waals surface area contributed by atoms with E-state index < -0.39 is 17.9 Å². The molecule has 1 amide bonds. The molecule has 0 aromatic rings. The van der Waals surface area contributed by atoms with Gasteiger partial charge in [-0.3, -0.25) is 0 Å². The Labute approximate surface area is 102 Å². The Morgan fingerprint density at radius 3 is 2.65 bits per heavy atom. The molecule has 17 heavy (non-hydrogen) atoms. The predicted molar refractivity (Wildman–Crippen MR) is 62.5 cm³/mol. The van der Waals surface area contributed by atoms with E-state index in [1.807, 2.05) is 0 Å². The van der Waals surface area contributed by atoms with Crippen LogP contribution in [0.25, 0.3) is 0 Å². The molecule has 4 nitrogen and oxygen atoms in total. The minimum absolute atomic E-state index is 0.0345. The number of aliphatic hydroxyl groups is 1. The summed E-state index contributed by atoms with van der Waals surface area (Å²) in [6.45, 7) is 5.28. The number of ether oxygens (including phenoxy) is 1.